The molecule has 2 aromatic rings. The summed E-state index contributed by atoms with van der Waals surface area (Å²) in [7, 11) is 0. The van der Waals surface area contributed by atoms with Gasteiger partial charge < -0.3 is 15.2 Å². The van der Waals surface area contributed by atoms with Crippen molar-refractivity contribution in [1.29, 1.82) is 0 Å². The van der Waals surface area contributed by atoms with Crippen LogP contribution in [0, 0.1) is 0 Å². The minimum Gasteiger partial charge on any atom is -0.491 e. The zero-order valence-electron chi connectivity index (χ0n) is 13.4. The summed E-state index contributed by atoms with van der Waals surface area (Å²) in [5, 5.41) is 11.7. The lowest BCUT2D eigenvalue weighted by molar-refractivity contribution is 0.0697. The highest BCUT2D eigenvalue weighted by molar-refractivity contribution is 6.33. The first-order chi connectivity index (χ1) is 11.4. The monoisotopic (exact) mass is 347 g/mol. The lowest BCUT2D eigenvalue weighted by atomic mass is 10.1. The van der Waals surface area contributed by atoms with Crippen molar-refractivity contribution in [1.82, 2.24) is 0 Å². The first kappa shape index (κ1) is 17.8. The summed E-state index contributed by atoms with van der Waals surface area (Å²) in [6.45, 7) is 4.01. The van der Waals surface area contributed by atoms with Gasteiger partial charge in [-0.3, -0.25) is 4.79 Å². The lowest BCUT2D eigenvalue weighted by Gasteiger charge is -2.13. The molecule has 0 spiro atoms. The van der Waals surface area contributed by atoms with E-state index in [1.54, 1.807) is 24.3 Å². The van der Waals surface area contributed by atoms with Crippen molar-refractivity contribution < 1.29 is 19.4 Å². The van der Waals surface area contributed by atoms with E-state index >= 15 is 0 Å². The Balaban J connectivity index is 2.07. The Bertz CT molecular complexity index is 743. The van der Waals surface area contributed by atoms with Crippen LogP contribution >= 0.6 is 11.6 Å². The van der Waals surface area contributed by atoms with Gasteiger partial charge in [0, 0.05) is 11.3 Å². The van der Waals surface area contributed by atoms with Crippen molar-refractivity contribution in [3.63, 3.8) is 0 Å². The highest BCUT2D eigenvalue weighted by atomic mass is 35.5. The maximum absolute atomic E-state index is 12.2. The second-order valence-corrected chi connectivity index (χ2v) is 5.72. The molecule has 5 nitrogen and oxygen atoms in total. The van der Waals surface area contributed by atoms with Crippen molar-refractivity contribution in [2.24, 2.45) is 0 Å². The molecule has 2 rings (SSSR count). The number of carboxylic acid groups (broad SMARTS) is 1. The Morgan fingerprint density at radius 3 is 2.42 bits per heavy atom. The van der Waals surface area contributed by atoms with Crippen LogP contribution < -0.4 is 10.1 Å². The van der Waals surface area contributed by atoms with Gasteiger partial charge >= 0.3 is 5.97 Å². The van der Waals surface area contributed by atoms with Crippen LogP contribution in [0.25, 0.3) is 0 Å². The molecule has 0 radical (unpaired) electrons. The van der Waals surface area contributed by atoms with Crippen LogP contribution in [0.1, 0.15) is 41.0 Å². The van der Waals surface area contributed by atoms with E-state index in [0.29, 0.717) is 17.0 Å². The normalized spacial score (nSPS) is 11.6. The Morgan fingerprint density at radius 1 is 1.21 bits per heavy atom. The minimum absolute atomic E-state index is 0.0128. The summed E-state index contributed by atoms with van der Waals surface area (Å²) in [5.41, 5.74) is 0.876. The third kappa shape index (κ3) is 4.49. The number of benzene rings is 2. The molecule has 0 heterocycles. The fourth-order valence-electron chi connectivity index (χ4n) is 1.97. The molecule has 0 bridgehead atoms. The standard InChI is InChI=1S/C18H18ClNO4/c1-3-11(2)24-14-7-4-12(5-8-14)17(21)20-13-6-9-15(18(22)23)16(19)10-13/h4-11H,3H2,1-2H3,(H,20,21)(H,22,23). The quantitative estimate of drug-likeness (QED) is 0.808. The van der Waals surface area contributed by atoms with Gasteiger partial charge in [0.25, 0.3) is 5.91 Å². The van der Waals surface area contributed by atoms with Crippen LogP contribution in [0.5, 0.6) is 5.75 Å². The van der Waals surface area contributed by atoms with Crippen LogP contribution in [0.4, 0.5) is 5.69 Å². The van der Waals surface area contributed by atoms with E-state index < -0.39 is 5.97 Å². The van der Waals surface area contributed by atoms with E-state index in [4.69, 9.17) is 21.4 Å². The number of carboxylic acids is 1. The number of amides is 1. The van der Waals surface area contributed by atoms with Crippen molar-refractivity contribution in [2.75, 3.05) is 5.32 Å². The van der Waals surface area contributed by atoms with Crippen LogP contribution in [-0.2, 0) is 0 Å². The van der Waals surface area contributed by atoms with E-state index in [-0.39, 0.29) is 22.6 Å². The van der Waals surface area contributed by atoms with Crippen molar-refractivity contribution >= 4 is 29.2 Å². The molecule has 1 amide bonds. The number of hydrogen-bond acceptors (Lipinski definition) is 3. The zero-order chi connectivity index (χ0) is 17.7. The Labute approximate surface area is 145 Å². The molecular formula is C18H18ClNO4. The number of ether oxygens (including phenoxy) is 1. The molecule has 0 aliphatic carbocycles. The third-order valence-electron chi connectivity index (χ3n) is 3.49. The first-order valence-electron chi connectivity index (χ1n) is 7.51. The van der Waals surface area contributed by atoms with Crippen molar-refractivity contribution in [3.05, 3.63) is 58.6 Å². The molecule has 0 fully saturated rings. The van der Waals surface area contributed by atoms with Gasteiger partial charge in [-0.1, -0.05) is 18.5 Å². The smallest absolute Gasteiger partial charge is 0.337 e. The van der Waals surface area contributed by atoms with Gasteiger partial charge in [0.15, 0.2) is 0 Å². The fourth-order valence-corrected chi connectivity index (χ4v) is 2.23. The predicted octanol–water partition coefficient (Wildman–Crippen LogP) is 4.47. The van der Waals surface area contributed by atoms with Gasteiger partial charge in [0.1, 0.15) is 5.75 Å². The molecule has 24 heavy (non-hydrogen) atoms. The number of aromatic carboxylic acids is 1. The molecule has 0 aliphatic heterocycles. The van der Waals surface area contributed by atoms with E-state index in [1.807, 2.05) is 13.8 Å². The number of hydrogen-bond donors (Lipinski definition) is 2. The first-order valence-corrected chi connectivity index (χ1v) is 7.89. The Morgan fingerprint density at radius 2 is 1.88 bits per heavy atom. The maximum atomic E-state index is 12.2. The van der Waals surface area contributed by atoms with Crippen molar-refractivity contribution in [3.8, 4) is 5.75 Å². The van der Waals surface area contributed by atoms with Gasteiger partial charge in [0.2, 0.25) is 0 Å². The molecule has 2 aromatic carbocycles. The second kappa shape index (κ2) is 7.84. The third-order valence-corrected chi connectivity index (χ3v) is 3.80. The fraction of sp³-hybridized carbons (Fsp3) is 0.222. The maximum Gasteiger partial charge on any atom is 0.337 e. The van der Waals surface area contributed by atoms with Gasteiger partial charge in [-0.15, -0.1) is 0 Å². The number of carbonyl (C=O) groups excluding carboxylic acids is 1. The summed E-state index contributed by atoms with van der Waals surface area (Å²) in [6, 6.07) is 11.1. The van der Waals surface area contributed by atoms with Crippen LogP contribution in [0.15, 0.2) is 42.5 Å². The van der Waals surface area contributed by atoms with Gasteiger partial charge in [0.05, 0.1) is 16.7 Å². The minimum atomic E-state index is -1.12. The van der Waals surface area contributed by atoms with Crippen LogP contribution in [0.3, 0.4) is 0 Å². The number of nitrogens with one attached hydrogen (secondary N) is 1. The molecule has 6 heteroatoms. The van der Waals surface area contributed by atoms with Gasteiger partial charge in [-0.25, -0.2) is 4.79 Å². The number of carbonyl (C=O) groups is 2. The van der Waals surface area contributed by atoms with E-state index in [2.05, 4.69) is 5.32 Å². The summed E-state index contributed by atoms with van der Waals surface area (Å²) in [6.07, 6.45) is 1.01. The molecule has 0 saturated heterocycles. The SMILES string of the molecule is CCC(C)Oc1ccc(C(=O)Nc2ccc(C(=O)O)c(Cl)c2)cc1. The highest BCUT2D eigenvalue weighted by Gasteiger charge is 2.11. The Kier molecular flexibility index (Phi) is 5.82. The summed E-state index contributed by atoms with van der Waals surface area (Å²) < 4.78 is 5.66. The van der Waals surface area contributed by atoms with E-state index in [1.165, 1.54) is 18.2 Å². The molecule has 0 saturated carbocycles. The van der Waals surface area contributed by atoms with Crippen LogP contribution in [0.2, 0.25) is 5.02 Å². The number of anilines is 1. The summed E-state index contributed by atoms with van der Waals surface area (Å²) in [4.78, 5) is 23.1. The summed E-state index contributed by atoms with van der Waals surface area (Å²) in [5.74, 6) is -0.728. The van der Waals surface area contributed by atoms with Gasteiger partial charge in [-0.05, 0) is 55.8 Å². The molecule has 1 atom stereocenters. The largest absolute Gasteiger partial charge is 0.491 e. The zero-order valence-corrected chi connectivity index (χ0v) is 14.1. The summed E-state index contributed by atoms with van der Waals surface area (Å²) >= 11 is 5.89. The molecule has 0 aromatic heterocycles. The van der Waals surface area contributed by atoms with Crippen molar-refractivity contribution in [2.45, 2.75) is 26.4 Å². The van der Waals surface area contributed by atoms with E-state index in [9.17, 15) is 9.59 Å². The molecule has 2 N–H and O–H groups in total. The topological polar surface area (TPSA) is 75.6 Å². The predicted molar refractivity (Wildman–Crippen MR) is 93.2 cm³/mol. The highest BCUT2D eigenvalue weighted by Crippen LogP contribution is 2.22. The lowest BCUT2D eigenvalue weighted by Crippen LogP contribution is -2.13. The molecule has 0 aliphatic rings. The van der Waals surface area contributed by atoms with Gasteiger partial charge in [-0.2, -0.15) is 0 Å². The average molecular weight is 348 g/mol. The Hall–Kier alpha value is -2.53. The number of halogens is 1. The molecule has 1 unspecified atom stereocenters. The van der Waals surface area contributed by atoms with Crippen LogP contribution in [-0.4, -0.2) is 23.1 Å². The average Bonchev–Trinajstić information content (AvgIpc) is 2.55. The van der Waals surface area contributed by atoms with E-state index in [0.717, 1.165) is 6.42 Å². The second-order valence-electron chi connectivity index (χ2n) is 5.31. The molecule has 126 valence electrons. The molecular weight excluding hydrogens is 330 g/mol. The number of rotatable bonds is 6.